The Morgan fingerprint density at radius 2 is 1.96 bits per heavy atom. The number of likely N-dealkylation sites (tertiary alicyclic amines) is 1. The van der Waals surface area contributed by atoms with Crippen LogP contribution in [0.4, 0.5) is 0 Å². The van der Waals surface area contributed by atoms with Gasteiger partial charge >= 0.3 is 0 Å². The number of nitrogens with zero attached hydrogens (tertiary/aromatic N) is 1. The number of hydrogen-bond acceptors (Lipinski definition) is 3. The average Bonchev–Trinajstić information content (AvgIpc) is 3.06. The Kier molecular flexibility index (Phi) is 5.93. The number of rotatable bonds is 5. The van der Waals surface area contributed by atoms with Gasteiger partial charge in [0.25, 0.3) is 5.91 Å². The number of amides is 1. The largest absolute Gasteiger partial charge is 0.393 e. The summed E-state index contributed by atoms with van der Waals surface area (Å²) < 4.78 is 0. The molecule has 1 atom stereocenters. The summed E-state index contributed by atoms with van der Waals surface area (Å²) in [6.45, 7) is 1.39. The zero-order valence-electron chi connectivity index (χ0n) is 13.5. The number of hydrogen-bond donors (Lipinski definition) is 1. The normalized spacial score (nSPS) is 17.0. The second-order valence-electron chi connectivity index (χ2n) is 6.32. The first-order chi connectivity index (χ1) is 11.6. The molecule has 1 aliphatic rings. The van der Waals surface area contributed by atoms with Gasteiger partial charge in [-0.2, -0.15) is 0 Å². The molecule has 1 unspecified atom stereocenters. The zero-order valence-corrected chi connectivity index (χ0v) is 15.1. The summed E-state index contributed by atoms with van der Waals surface area (Å²) in [5, 5.41) is 12.8. The molecule has 1 N–H and O–H groups in total. The van der Waals surface area contributed by atoms with Crippen LogP contribution in [0.1, 0.15) is 34.5 Å². The van der Waals surface area contributed by atoms with Gasteiger partial charge in [0.1, 0.15) is 4.88 Å². The van der Waals surface area contributed by atoms with E-state index in [0.717, 1.165) is 25.7 Å². The topological polar surface area (TPSA) is 40.5 Å². The van der Waals surface area contributed by atoms with Crippen molar-refractivity contribution in [2.24, 2.45) is 5.92 Å². The first kappa shape index (κ1) is 17.5. The van der Waals surface area contributed by atoms with Crippen LogP contribution in [-0.2, 0) is 6.42 Å². The van der Waals surface area contributed by atoms with E-state index in [1.165, 1.54) is 16.9 Å². The molecule has 1 fully saturated rings. The number of piperidine rings is 1. The number of aliphatic hydroxyl groups excluding tert-OH is 1. The molecule has 1 saturated heterocycles. The van der Waals surface area contributed by atoms with Crippen molar-refractivity contribution >= 4 is 28.8 Å². The number of carbonyl (C=O) groups is 1. The quantitative estimate of drug-likeness (QED) is 0.862. The minimum absolute atomic E-state index is 0.0206. The third kappa shape index (κ3) is 4.18. The van der Waals surface area contributed by atoms with Crippen molar-refractivity contribution in [3.8, 4) is 0 Å². The maximum atomic E-state index is 12.5. The van der Waals surface area contributed by atoms with Crippen molar-refractivity contribution in [1.29, 1.82) is 0 Å². The summed E-state index contributed by atoms with van der Waals surface area (Å²) in [4.78, 5) is 14.9. The molecule has 0 radical (unpaired) electrons. The van der Waals surface area contributed by atoms with Gasteiger partial charge in [-0.1, -0.05) is 41.9 Å². The summed E-state index contributed by atoms with van der Waals surface area (Å²) in [7, 11) is 0. The first-order valence-electron chi connectivity index (χ1n) is 8.39. The first-order valence-corrected chi connectivity index (χ1v) is 9.65. The molecule has 0 saturated carbocycles. The summed E-state index contributed by atoms with van der Waals surface area (Å²) in [5.74, 6) is 0.295. The van der Waals surface area contributed by atoms with E-state index in [4.69, 9.17) is 11.6 Å². The second-order valence-corrected chi connectivity index (χ2v) is 7.64. The number of aliphatic hydroxyl groups is 1. The molecular weight excluding hydrogens is 342 g/mol. The van der Waals surface area contributed by atoms with E-state index in [9.17, 15) is 9.90 Å². The van der Waals surface area contributed by atoms with Crippen molar-refractivity contribution in [3.05, 3.63) is 57.2 Å². The molecule has 1 amide bonds. The van der Waals surface area contributed by atoms with Crippen LogP contribution in [0.15, 0.2) is 41.8 Å². The number of aryl methyl sites for hydroxylation is 1. The van der Waals surface area contributed by atoms with Crippen LogP contribution < -0.4 is 0 Å². The Morgan fingerprint density at radius 1 is 1.25 bits per heavy atom. The van der Waals surface area contributed by atoms with Crippen molar-refractivity contribution < 1.29 is 9.90 Å². The molecule has 2 heterocycles. The number of thiophene rings is 1. The van der Waals surface area contributed by atoms with Gasteiger partial charge in [-0.05, 0) is 48.6 Å². The fraction of sp³-hybridized carbons (Fsp3) is 0.421. The van der Waals surface area contributed by atoms with Crippen LogP contribution >= 0.6 is 22.9 Å². The van der Waals surface area contributed by atoms with E-state index in [-0.39, 0.29) is 17.9 Å². The summed E-state index contributed by atoms with van der Waals surface area (Å²) in [5.41, 5.74) is 1.26. The minimum atomic E-state index is -0.298. The highest BCUT2D eigenvalue weighted by Gasteiger charge is 2.28. The Balaban J connectivity index is 1.48. The second kappa shape index (κ2) is 8.15. The lowest BCUT2D eigenvalue weighted by Gasteiger charge is -2.34. The Bertz CT molecular complexity index is 665. The predicted octanol–water partition coefficient (Wildman–Crippen LogP) is 4.25. The van der Waals surface area contributed by atoms with Crippen LogP contribution in [-0.4, -0.2) is 35.1 Å². The third-order valence-electron chi connectivity index (χ3n) is 4.75. The number of carbonyl (C=O) groups excluding carboxylic acids is 1. The SMILES string of the molecule is O=C(c1sccc1Cl)N1CCC(C(O)CCc2ccccc2)CC1. The fourth-order valence-corrected chi connectivity index (χ4v) is 4.38. The maximum Gasteiger partial charge on any atom is 0.265 e. The van der Waals surface area contributed by atoms with Gasteiger partial charge in [-0.15, -0.1) is 11.3 Å². The van der Waals surface area contributed by atoms with E-state index in [0.29, 0.717) is 23.0 Å². The van der Waals surface area contributed by atoms with Crippen molar-refractivity contribution in [2.45, 2.75) is 31.8 Å². The number of benzene rings is 1. The molecule has 0 spiro atoms. The highest BCUT2D eigenvalue weighted by atomic mass is 35.5. The molecular formula is C19H22ClNO2S. The smallest absolute Gasteiger partial charge is 0.265 e. The lowest BCUT2D eigenvalue weighted by atomic mass is 9.88. The monoisotopic (exact) mass is 363 g/mol. The summed E-state index contributed by atoms with van der Waals surface area (Å²) in [6.07, 6.45) is 3.08. The average molecular weight is 364 g/mol. The lowest BCUT2D eigenvalue weighted by Crippen LogP contribution is -2.41. The molecule has 5 heteroatoms. The van der Waals surface area contributed by atoms with Crippen LogP contribution in [0.5, 0.6) is 0 Å². The van der Waals surface area contributed by atoms with Gasteiger partial charge in [-0.3, -0.25) is 4.79 Å². The lowest BCUT2D eigenvalue weighted by molar-refractivity contribution is 0.0439. The van der Waals surface area contributed by atoms with E-state index in [1.54, 1.807) is 6.07 Å². The molecule has 1 aliphatic heterocycles. The van der Waals surface area contributed by atoms with Crippen molar-refractivity contribution in [1.82, 2.24) is 4.90 Å². The van der Waals surface area contributed by atoms with Crippen LogP contribution in [0, 0.1) is 5.92 Å². The van der Waals surface area contributed by atoms with E-state index < -0.39 is 0 Å². The van der Waals surface area contributed by atoms with Gasteiger partial charge in [0.15, 0.2) is 0 Å². The van der Waals surface area contributed by atoms with Gasteiger partial charge in [0, 0.05) is 13.1 Å². The van der Waals surface area contributed by atoms with Gasteiger partial charge in [0.2, 0.25) is 0 Å². The van der Waals surface area contributed by atoms with Gasteiger partial charge in [-0.25, -0.2) is 0 Å². The fourth-order valence-electron chi connectivity index (χ4n) is 3.27. The predicted molar refractivity (Wildman–Crippen MR) is 98.7 cm³/mol. The Morgan fingerprint density at radius 3 is 2.58 bits per heavy atom. The van der Waals surface area contributed by atoms with E-state index >= 15 is 0 Å². The molecule has 3 rings (SSSR count). The zero-order chi connectivity index (χ0) is 16.9. The highest BCUT2D eigenvalue weighted by molar-refractivity contribution is 7.12. The number of halogens is 1. The van der Waals surface area contributed by atoms with Crippen LogP contribution in [0.2, 0.25) is 5.02 Å². The van der Waals surface area contributed by atoms with Crippen molar-refractivity contribution in [2.75, 3.05) is 13.1 Å². The molecule has 2 aromatic rings. The van der Waals surface area contributed by atoms with E-state index in [1.807, 2.05) is 28.5 Å². The Hall–Kier alpha value is -1.36. The molecule has 128 valence electrons. The van der Waals surface area contributed by atoms with Crippen LogP contribution in [0.25, 0.3) is 0 Å². The highest BCUT2D eigenvalue weighted by Crippen LogP contribution is 2.28. The van der Waals surface area contributed by atoms with Crippen molar-refractivity contribution in [3.63, 3.8) is 0 Å². The Labute approximate surface area is 151 Å². The van der Waals surface area contributed by atoms with E-state index in [2.05, 4.69) is 12.1 Å². The maximum absolute atomic E-state index is 12.5. The minimum Gasteiger partial charge on any atom is -0.393 e. The summed E-state index contributed by atoms with van der Waals surface area (Å²) >= 11 is 7.45. The molecule has 1 aromatic heterocycles. The van der Waals surface area contributed by atoms with Gasteiger partial charge in [0.05, 0.1) is 11.1 Å². The standard InChI is InChI=1S/C19H22ClNO2S/c20-16-10-13-24-18(16)19(23)21-11-8-15(9-12-21)17(22)7-6-14-4-2-1-3-5-14/h1-5,10,13,15,17,22H,6-9,11-12H2. The van der Waals surface area contributed by atoms with Crippen LogP contribution in [0.3, 0.4) is 0 Å². The molecule has 0 bridgehead atoms. The molecule has 24 heavy (non-hydrogen) atoms. The molecule has 1 aromatic carbocycles. The molecule has 0 aliphatic carbocycles. The van der Waals surface area contributed by atoms with Gasteiger partial charge < -0.3 is 10.0 Å². The summed E-state index contributed by atoms with van der Waals surface area (Å²) in [6, 6.07) is 12.0. The third-order valence-corrected chi connectivity index (χ3v) is 6.08. The molecule has 3 nitrogen and oxygen atoms in total.